The molecule has 13 heavy (non-hydrogen) atoms. The van der Waals surface area contributed by atoms with Crippen LogP contribution in [0.2, 0.25) is 0 Å². The summed E-state index contributed by atoms with van der Waals surface area (Å²) >= 11 is 2.21. The highest BCUT2D eigenvalue weighted by atomic mass is 127. The zero-order valence-electron chi connectivity index (χ0n) is 8.46. The summed E-state index contributed by atoms with van der Waals surface area (Å²) in [6.07, 6.45) is 5.94. The van der Waals surface area contributed by atoms with Crippen LogP contribution in [0.15, 0.2) is 21.8 Å². The zero-order chi connectivity index (χ0) is 10.3. The first-order valence-corrected chi connectivity index (χ1v) is 5.75. The van der Waals surface area contributed by atoms with E-state index in [1.54, 1.807) is 0 Å². The second-order valence-electron chi connectivity index (χ2n) is 3.44. The number of aldehydes is 1. The largest absolute Gasteiger partial charge is 0.303 e. The van der Waals surface area contributed by atoms with Crippen LogP contribution in [-0.4, -0.2) is 6.29 Å². The van der Waals surface area contributed by atoms with E-state index in [4.69, 9.17) is 0 Å². The van der Waals surface area contributed by atoms with Crippen molar-refractivity contribution in [2.24, 2.45) is 11.8 Å². The average Bonchev–Trinajstić information content (AvgIpc) is 2.05. The molecular weight excluding hydrogens is 275 g/mol. The maximum atomic E-state index is 10.3. The summed E-state index contributed by atoms with van der Waals surface area (Å²) < 4.78 is 2.00. The molecule has 0 saturated heterocycles. The zero-order valence-corrected chi connectivity index (χ0v) is 10.6. The van der Waals surface area contributed by atoms with Gasteiger partial charge in [-0.3, -0.25) is 0 Å². The Morgan fingerprint density at radius 2 is 2.08 bits per heavy atom. The van der Waals surface area contributed by atoms with E-state index in [1.807, 2.05) is 4.08 Å². The van der Waals surface area contributed by atoms with E-state index in [-0.39, 0.29) is 0 Å². The fourth-order valence-corrected chi connectivity index (χ4v) is 1.67. The monoisotopic (exact) mass is 292 g/mol. The van der Waals surface area contributed by atoms with E-state index in [2.05, 4.69) is 55.5 Å². The van der Waals surface area contributed by atoms with Crippen LogP contribution in [0.25, 0.3) is 0 Å². The van der Waals surface area contributed by atoms with Gasteiger partial charge >= 0.3 is 0 Å². The van der Waals surface area contributed by atoms with Crippen LogP contribution in [-0.2, 0) is 4.79 Å². The van der Waals surface area contributed by atoms with Crippen LogP contribution in [0.4, 0.5) is 0 Å². The first kappa shape index (κ1) is 12.9. The fraction of sp³-hybridized carbons (Fsp3) is 0.545. The number of carbonyl (C=O) groups excluding carboxylic acids is 1. The number of hydrogen-bond acceptors (Lipinski definition) is 1. The molecule has 0 N–H and O–H groups in total. The number of hydrogen-bond donors (Lipinski definition) is 0. The fourth-order valence-electron chi connectivity index (χ4n) is 1.10. The molecule has 0 aromatic heterocycles. The molecule has 0 aliphatic heterocycles. The van der Waals surface area contributed by atoms with E-state index < -0.39 is 0 Å². The van der Waals surface area contributed by atoms with Crippen molar-refractivity contribution in [3.63, 3.8) is 0 Å². The Kier molecular flexibility index (Phi) is 7.23. The summed E-state index contributed by atoms with van der Waals surface area (Å²) in [5, 5.41) is 0. The molecular formula is C11H17IO. The molecule has 0 bridgehead atoms. The number of carbonyl (C=O) groups is 1. The molecule has 0 saturated carbocycles. The number of allylic oxidation sites excluding steroid dienone is 3. The molecule has 0 aromatic rings. The quantitative estimate of drug-likeness (QED) is 0.428. The van der Waals surface area contributed by atoms with Gasteiger partial charge in [-0.2, -0.15) is 0 Å². The van der Waals surface area contributed by atoms with Crippen molar-refractivity contribution in [3.8, 4) is 0 Å². The smallest absolute Gasteiger partial charge is 0.120 e. The highest BCUT2D eigenvalue weighted by molar-refractivity contribution is 14.1. The Morgan fingerprint density at radius 3 is 2.54 bits per heavy atom. The Hall–Kier alpha value is -0.120. The van der Waals surface area contributed by atoms with Crippen LogP contribution in [0.3, 0.4) is 0 Å². The molecule has 0 aromatic carbocycles. The lowest BCUT2D eigenvalue weighted by Gasteiger charge is -2.13. The van der Waals surface area contributed by atoms with Gasteiger partial charge in [0.1, 0.15) is 6.29 Å². The van der Waals surface area contributed by atoms with Crippen molar-refractivity contribution < 1.29 is 4.79 Å². The van der Waals surface area contributed by atoms with Gasteiger partial charge in [0.05, 0.1) is 0 Å². The normalized spacial score (nSPS) is 17.4. The van der Waals surface area contributed by atoms with Crippen LogP contribution < -0.4 is 0 Å². The second kappa shape index (κ2) is 7.30. The molecule has 0 rings (SSSR count). The summed E-state index contributed by atoms with van der Waals surface area (Å²) in [5.74, 6) is 0.910. The third-order valence-corrected chi connectivity index (χ3v) is 2.58. The predicted octanol–water partition coefficient (Wildman–Crippen LogP) is 3.74. The van der Waals surface area contributed by atoms with Crippen LogP contribution in [0, 0.1) is 11.8 Å². The van der Waals surface area contributed by atoms with Crippen molar-refractivity contribution in [1.82, 2.24) is 0 Å². The van der Waals surface area contributed by atoms with Crippen molar-refractivity contribution >= 4 is 28.9 Å². The van der Waals surface area contributed by atoms with Crippen LogP contribution in [0.1, 0.15) is 27.2 Å². The first-order chi connectivity index (χ1) is 6.11. The molecule has 0 aliphatic rings. The summed E-state index contributed by atoms with van der Waals surface area (Å²) in [4.78, 5) is 10.3. The van der Waals surface area contributed by atoms with Gasteiger partial charge in [0.15, 0.2) is 0 Å². The molecule has 74 valence electrons. The van der Waals surface area contributed by atoms with E-state index in [0.29, 0.717) is 18.3 Å². The lowest BCUT2D eigenvalue weighted by molar-refractivity contribution is -0.108. The molecule has 0 unspecified atom stereocenters. The number of rotatable bonds is 5. The Balaban J connectivity index is 4.17. The van der Waals surface area contributed by atoms with E-state index in [9.17, 15) is 4.79 Å². The van der Waals surface area contributed by atoms with Crippen LogP contribution in [0.5, 0.6) is 0 Å². The van der Waals surface area contributed by atoms with Crippen molar-refractivity contribution in [2.75, 3.05) is 0 Å². The molecule has 0 radical (unpaired) electrons. The summed E-state index contributed by atoms with van der Waals surface area (Å²) in [7, 11) is 0. The topological polar surface area (TPSA) is 17.1 Å². The minimum absolute atomic E-state index is 0.440. The van der Waals surface area contributed by atoms with Gasteiger partial charge in [0, 0.05) is 6.42 Å². The number of halogens is 1. The van der Waals surface area contributed by atoms with E-state index in [1.165, 1.54) is 5.57 Å². The summed E-state index contributed by atoms with van der Waals surface area (Å²) in [5.41, 5.74) is 1.26. The highest BCUT2D eigenvalue weighted by Crippen LogP contribution is 2.17. The third-order valence-electron chi connectivity index (χ3n) is 2.22. The molecule has 0 amide bonds. The van der Waals surface area contributed by atoms with Crippen LogP contribution >= 0.6 is 22.6 Å². The van der Waals surface area contributed by atoms with E-state index in [0.717, 1.165) is 6.29 Å². The standard InChI is InChI=1S/C11H17IO/c1-9(4-6-12)8-11(3)10(2)5-7-13/h4,6-8,10-11H,5H2,1-3H3/b6-4-,9-8+/t10-,11-/m0/s1. The third kappa shape index (κ3) is 6.02. The maximum absolute atomic E-state index is 10.3. The van der Waals surface area contributed by atoms with Gasteiger partial charge in [0.25, 0.3) is 0 Å². The van der Waals surface area contributed by atoms with Gasteiger partial charge in [0.2, 0.25) is 0 Å². The molecule has 0 aliphatic carbocycles. The minimum atomic E-state index is 0.440. The summed E-state index contributed by atoms with van der Waals surface area (Å²) in [6, 6.07) is 0. The van der Waals surface area contributed by atoms with Gasteiger partial charge < -0.3 is 4.79 Å². The SMILES string of the molecule is CC(/C=C\I)=C\[C@H](C)[C@@H](C)CC=O. The molecule has 2 heteroatoms. The van der Waals surface area contributed by atoms with E-state index >= 15 is 0 Å². The van der Waals surface area contributed by atoms with Gasteiger partial charge in [-0.1, -0.05) is 54.2 Å². The average molecular weight is 292 g/mol. The molecule has 0 heterocycles. The Morgan fingerprint density at radius 1 is 1.46 bits per heavy atom. The lowest BCUT2D eigenvalue weighted by atomic mass is 9.92. The predicted molar refractivity (Wildman–Crippen MR) is 65.9 cm³/mol. The molecule has 2 atom stereocenters. The highest BCUT2D eigenvalue weighted by Gasteiger charge is 2.08. The Bertz CT molecular complexity index is 206. The van der Waals surface area contributed by atoms with Crippen molar-refractivity contribution in [2.45, 2.75) is 27.2 Å². The first-order valence-electron chi connectivity index (χ1n) is 4.50. The molecule has 1 nitrogen and oxygen atoms in total. The summed E-state index contributed by atoms with van der Waals surface area (Å²) in [6.45, 7) is 6.34. The minimum Gasteiger partial charge on any atom is -0.303 e. The maximum Gasteiger partial charge on any atom is 0.120 e. The van der Waals surface area contributed by atoms with Crippen molar-refractivity contribution in [3.05, 3.63) is 21.8 Å². The van der Waals surface area contributed by atoms with Gasteiger partial charge in [-0.15, -0.1) is 0 Å². The Labute approximate surface area is 94.4 Å². The lowest BCUT2D eigenvalue weighted by Crippen LogP contribution is -2.06. The molecule has 0 fully saturated rings. The second-order valence-corrected chi connectivity index (χ2v) is 4.16. The van der Waals surface area contributed by atoms with Crippen molar-refractivity contribution in [1.29, 1.82) is 0 Å². The molecule has 0 spiro atoms. The van der Waals surface area contributed by atoms with Gasteiger partial charge in [-0.25, -0.2) is 0 Å². The van der Waals surface area contributed by atoms with Gasteiger partial charge in [-0.05, 0) is 22.8 Å².